The zero-order valence-electron chi connectivity index (χ0n) is 26.3. The first-order chi connectivity index (χ1) is 23.8. The van der Waals surface area contributed by atoms with Crippen molar-refractivity contribution in [1.29, 1.82) is 0 Å². The number of nitrogens with zero attached hydrogens (tertiary/aromatic N) is 1. The Kier molecular flexibility index (Phi) is 7.08. The van der Waals surface area contributed by atoms with E-state index in [2.05, 4.69) is 188 Å². The second kappa shape index (κ2) is 11.9. The molecule has 0 N–H and O–H groups in total. The van der Waals surface area contributed by atoms with E-state index in [0.29, 0.717) is 0 Å². The quantitative estimate of drug-likeness (QED) is 0.130. The van der Waals surface area contributed by atoms with Crippen molar-refractivity contribution in [3.8, 4) is 22.4 Å². The summed E-state index contributed by atoms with van der Waals surface area (Å²) in [5.41, 5.74) is 5.61. The monoisotopic (exact) mass is 645 g/mol. The van der Waals surface area contributed by atoms with E-state index in [1.54, 1.807) is 0 Å². The molecule has 0 saturated carbocycles. The molecule has 7 aromatic carbocycles. The van der Waals surface area contributed by atoms with Gasteiger partial charge in [0.25, 0.3) is 0 Å². The van der Waals surface area contributed by atoms with Crippen molar-refractivity contribution in [2.75, 3.05) is 0 Å². The van der Waals surface area contributed by atoms with Crippen molar-refractivity contribution in [2.24, 2.45) is 0 Å². The molecule has 0 aliphatic heterocycles. The minimum atomic E-state index is -2.57. The third-order valence-corrected chi connectivity index (χ3v) is 15.6. The van der Waals surface area contributed by atoms with E-state index in [9.17, 15) is 0 Å². The lowest BCUT2D eigenvalue weighted by molar-refractivity contribution is 1.44. The largest absolute Gasteiger partial charge is 0.246 e. The van der Waals surface area contributed by atoms with Crippen LogP contribution in [-0.2, 0) is 0 Å². The maximum absolute atomic E-state index is 5.27. The smallest absolute Gasteiger partial charge is 0.179 e. The van der Waals surface area contributed by atoms with Gasteiger partial charge in [-0.25, -0.2) is 4.98 Å². The maximum atomic E-state index is 5.27. The molecule has 3 heteroatoms. The zero-order chi connectivity index (χ0) is 31.9. The van der Waals surface area contributed by atoms with Gasteiger partial charge in [0.05, 0.1) is 15.9 Å². The van der Waals surface area contributed by atoms with E-state index in [1.165, 1.54) is 57.4 Å². The lowest BCUT2D eigenvalue weighted by Crippen LogP contribution is -2.74. The SMILES string of the molecule is c1ccc([Si](c2ccccc2)(c2ccccc2)c2ccc(-c3cccc(-c4nc5ccccc5c5c4sc4ccccc45)c3)cc2)cc1. The highest BCUT2D eigenvalue weighted by Gasteiger charge is 2.41. The molecule has 1 nitrogen and oxygen atoms in total. The van der Waals surface area contributed by atoms with Crippen molar-refractivity contribution in [1.82, 2.24) is 4.98 Å². The fourth-order valence-electron chi connectivity index (χ4n) is 7.45. The van der Waals surface area contributed by atoms with Gasteiger partial charge in [-0.3, -0.25) is 0 Å². The molecule has 0 radical (unpaired) electrons. The molecule has 0 aliphatic carbocycles. The Morgan fingerprint density at radius 2 is 0.917 bits per heavy atom. The normalized spacial score (nSPS) is 11.8. The third-order valence-electron chi connectivity index (χ3n) is 9.62. The predicted molar refractivity (Wildman–Crippen MR) is 209 cm³/mol. The van der Waals surface area contributed by atoms with Gasteiger partial charge >= 0.3 is 0 Å². The number of thiophene rings is 1. The van der Waals surface area contributed by atoms with Crippen LogP contribution in [0.5, 0.6) is 0 Å². The molecule has 2 heterocycles. The van der Waals surface area contributed by atoms with Gasteiger partial charge in [-0.15, -0.1) is 11.3 Å². The molecule has 226 valence electrons. The Bertz CT molecular complexity index is 2440. The molecule has 0 bridgehead atoms. The van der Waals surface area contributed by atoms with Gasteiger partial charge in [-0.1, -0.05) is 170 Å². The van der Waals surface area contributed by atoms with E-state index >= 15 is 0 Å². The van der Waals surface area contributed by atoms with Crippen LogP contribution < -0.4 is 20.7 Å². The summed E-state index contributed by atoms with van der Waals surface area (Å²) in [7, 11) is -2.57. The van der Waals surface area contributed by atoms with Gasteiger partial charge in [0, 0.05) is 26.4 Å². The van der Waals surface area contributed by atoms with Gasteiger partial charge in [0.15, 0.2) is 8.07 Å². The second-order valence-electron chi connectivity index (χ2n) is 12.3. The van der Waals surface area contributed by atoms with Gasteiger partial charge in [0.2, 0.25) is 0 Å². The summed E-state index contributed by atoms with van der Waals surface area (Å²) in [6.45, 7) is 0. The molecule has 9 aromatic rings. The van der Waals surface area contributed by atoms with E-state index in [0.717, 1.165) is 16.8 Å². The average molecular weight is 646 g/mol. The number of aromatic nitrogens is 1. The lowest BCUT2D eigenvalue weighted by Gasteiger charge is -2.34. The van der Waals surface area contributed by atoms with Crippen LogP contribution in [-0.4, -0.2) is 13.1 Å². The van der Waals surface area contributed by atoms with E-state index in [-0.39, 0.29) is 0 Å². The Labute approximate surface area is 285 Å². The number of hydrogen-bond acceptors (Lipinski definition) is 2. The molecular weight excluding hydrogens is 615 g/mol. The Morgan fingerprint density at radius 3 is 1.56 bits per heavy atom. The third kappa shape index (κ3) is 4.63. The van der Waals surface area contributed by atoms with Crippen LogP contribution in [0.15, 0.2) is 188 Å². The highest BCUT2D eigenvalue weighted by atomic mass is 32.1. The first kappa shape index (κ1) is 28.6. The highest BCUT2D eigenvalue weighted by Crippen LogP contribution is 2.43. The highest BCUT2D eigenvalue weighted by molar-refractivity contribution is 7.26. The zero-order valence-corrected chi connectivity index (χ0v) is 28.1. The fraction of sp³-hybridized carbons (Fsp3) is 0. The summed E-state index contributed by atoms with van der Waals surface area (Å²) < 4.78 is 2.54. The van der Waals surface area contributed by atoms with E-state index < -0.39 is 8.07 Å². The van der Waals surface area contributed by atoms with Gasteiger partial charge in [0.1, 0.15) is 0 Å². The molecule has 0 unspecified atom stereocenters. The number of para-hydroxylation sites is 1. The molecule has 0 atom stereocenters. The standard InChI is InChI=1S/C45H31NSSi/c1-4-17-35(18-5-1)48(36-19-6-2-7-20-36,37-21-8-3-9-22-37)38-29-27-32(28-30-38)33-15-14-16-34(31-33)44-45-43(39-23-10-12-25-41(39)46-44)40-24-11-13-26-42(40)47-45/h1-31H. The van der Waals surface area contributed by atoms with Gasteiger partial charge in [-0.05, 0) is 50.1 Å². The number of pyridine rings is 1. The first-order valence-electron chi connectivity index (χ1n) is 16.4. The maximum Gasteiger partial charge on any atom is 0.179 e. The molecule has 48 heavy (non-hydrogen) atoms. The lowest BCUT2D eigenvalue weighted by atomic mass is 9.99. The summed E-state index contributed by atoms with van der Waals surface area (Å²) >= 11 is 1.84. The Balaban J connectivity index is 1.20. The summed E-state index contributed by atoms with van der Waals surface area (Å²) in [6.07, 6.45) is 0. The van der Waals surface area contributed by atoms with Crippen molar-refractivity contribution in [2.45, 2.75) is 0 Å². The molecule has 0 spiro atoms. The number of rotatable bonds is 6. The van der Waals surface area contributed by atoms with Crippen molar-refractivity contribution in [3.63, 3.8) is 0 Å². The van der Waals surface area contributed by atoms with Crippen LogP contribution in [0.25, 0.3) is 53.5 Å². The van der Waals surface area contributed by atoms with Crippen LogP contribution in [0.2, 0.25) is 0 Å². The molecule has 0 fully saturated rings. The van der Waals surface area contributed by atoms with Crippen molar-refractivity contribution >= 4 is 71.2 Å². The summed E-state index contributed by atoms with van der Waals surface area (Å²) in [5.74, 6) is 0. The minimum absolute atomic E-state index is 1.03. The summed E-state index contributed by atoms with van der Waals surface area (Å²) in [4.78, 5) is 5.27. The first-order valence-corrected chi connectivity index (χ1v) is 19.2. The van der Waals surface area contributed by atoms with Crippen LogP contribution in [0.3, 0.4) is 0 Å². The van der Waals surface area contributed by atoms with Crippen molar-refractivity contribution < 1.29 is 0 Å². The average Bonchev–Trinajstić information content (AvgIpc) is 3.57. The van der Waals surface area contributed by atoms with Gasteiger partial charge < -0.3 is 0 Å². The molecule has 2 aromatic heterocycles. The minimum Gasteiger partial charge on any atom is -0.246 e. The van der Waals surface area contributed by atoms with Crippen molar-refractivity contribution in [3.05, 3.63) is 188 Å². The molecule has 0 saturated heterocycles. The van der Waals surface area contributed by atoms with Crippen LogP contribution in [0.4, 0.5) is 0 Å². The second-order valence-corrected chi connectivity index (χ2v) is 17.1. The molecule has 0 aliphatic rings. The van der Waals surface area contributed by atoms with Crippen LogP contribution >= 0.6 is 11.3 Å². The number of fused-ring (bicyclic) bond motifs is 5. The number of benzene rings is 7. The predicted octanol–water partition coefficient (Wildman–Crippen LogP) is 9.31. The summed E-state index contributed by atoms with van der Waals surface area (Å²) in [5, 5.41) is 9.32. The Morgan fingerprint density at radius 1 is 0.396 bits per heavy atom. The van der Waals surface area contributed by atoms with Crippen LogP contribution in [0, 0.1) is 0 Å². The van der Waals surface area contributed by atoms with Crippen LogP contribution in [0.1, 0.15) is 0 Å². The summed E-state index contributed by atoms with van der Waals surface area (Å²) in [6, 6.07) is 68.9. The topological polar surface area (TPSA) is 12.9 Å². The Hall–Kier alpha value is -5.61. The van der Waals surface area contributed by atoms with E-state index in [1.807, 2.05) is 11.3 Å². The fourth-order valence-corrected chi connectivity index (χ4v) is 13.4. The number of hydrogen-bond donors (Lipinski definition) is 0. The van der Waals surface area contributed by atoms with E-state index in [4.69, 9.17) is 4.98 Å². The molecule has 9 rings (SSSR count). The van der Waals surface area contributed by atoms with Gasteiger partial charge in [-0.2, -0.15) is 0 Å². The molecular formula is C45H31NSSi. The molecule has 0 amide bonds.